The number of nitrogen functional groups attached to an aromatic ring is 1. The van der Waals surface area contributed by atoms with Crippen LogP contribution in [0.25, 0.3) is 0 Å². The zero-order valence-electron chi connectivity index (χ0n) is 10.1. The van der Waals surface area contributed by atoms with Crippen molar-refractivity contribution < 1.29 is 13.2 Å². The van der Waals surface area contributed by atoms with E-state index in [1.54, 1.807) is 30.3 Å². The van der Waals surface area contributed by atoms with Gasteiger partial charge in [0, 0.05) is 11.9 Å². The summed E-state index contributed by atoms with van der Waals surface area (Å²) in [5.41, 5.74) is 6.27. The lowest BCUT2D eigenvalue weighted by Gasteiger charge is -2.08. The molecule has 0 spiro atoms. The summed E-state index contributed by atoms with van der Waals surface area (Å²) in [5.74, 6) is 1.17. The molecule has 2 rings (SSSR count). The lowest BCUT2D eigenvalue weighted by Crippen LogP contribution is -1.96. The van der Waals surface area contributed by atoms with Gasteiger partial charge in [-0.1, -0.05) is 0 Å². The molecular weight excluding hydrogens is 330 g/mol. The molecular formula is C13H12BrNO3S. The Morgan fingerprint density at radius 3 is 2.26 bits per heavy atom. The molecule has 0 saturated carbocycles. The quantitative estimate of drug-likeness (QED) is 0.870. The highest BCUT2D eigenvalue weighted by Gasteiger charge is 2.08. The van der Waals surface area contributed by atoms with Gasteiger partial charge in [0.15, 0.2) is 9.84 Å². The van der Waals surface area contributed by atoms with Crippen molar-refractivity contribution in [2.75, 3.05) is 12.0 Å². The number of rotatable bonds is 3. The minimum absolute atomic E-state index is 0.260. The summed E-state index contributed by atoms with van der Waals surface area (Å²) in [5, 5.41) is 0. The van der Waals surface area contributed by atoms with Crippen molar-refractivity contribution in [2.24, 2.45) is 0 Å². The van der Waals surface area contributed by atoms with Gasteiger partial charge in [-0.2, -0.15) is 0 Å². The number of benzene rings is 2. The Morgan fingerprint density at radius 2 is 1.74 bits per heavy atom. The topological polar surface area (TPSA) is 69.4 Å². The summed E-state index contributed by atoms with van der Waals surface area (Å²) in [4.78, 5) is 0.260. The number of hydrogen-bond donors (Lipinski definition) is 1. The van der Waals surface area contributed by atoms with Crippen molar-refractivity contribution in [3.8, 4) is 11.5 Å². The standard InChI is InChI=1S/C13H12BrNO3S/c1-19(16,17)11-5-3-10(4-6-11)18-13-7-2-9(15)8-12(13)14/h2-8H,15H2,1H3. The first-order valence-electron chi connectivity index (χ1n) is 5.39. The van der Waals surface area contributed by atoms with E-state index in [1.165, 1.54) is 18.4 Å². The second-order valence-corrected chi connectivity index (χ2v) is 6.91. The number of sulfone groups is 1. The fourth-order valence-electron chi connectivity index (χ4n) is 1.48. The fraction of sp³-hybridized carbons (Fsp3) is 0.0769. The van der Waals surface area contributed by atoms with Gasteiger partial charge >= 0.3 is 0 Å². The fourth-order valence-corrected chi connectivity index (χ4v) is 2.59. The maximum Gasteiger partial charge on any atom is 0.175 e. The van der Waals surface area contributed by atoms with Gasteiger partial charge in [0.2, 0.25) is 0 Å². The molecule has 2 N–H and O–H groups in total. The molecule has 0 aliphatic carbocycles. The molecule has 0 saturated heterocycles. The van der Waals surface area contributed by atoms with E-state index in [2.05, 4.69) is 15.9 Å². The van der Waals surface area contributed by atoms with Crippen molar-refractivity contribution in [1.82, 2.24) is 0 Å². The van der Waals surface area contributed by atoms with Crippen LogP contribution in [-0.4, -0.2) is 14.7 Å². The number of ether oxygens (including phenoxy) is 1. The predicted octanol–water partition coefficient (Wildman–Crippen LogP) is 3.23. The van der Waals surface area contributed by atoms with Crippen LogP contribution in [0.3, 0.4) is 0 Å². The van der Waals surface area contributed by atoms with E-state index in [0.29, 0.717) is 17.2 Å². The summed E-state index contributed by atoms with van der Waals surface area (Å²) in [7, 11) is -3.19. The van der Waals surface area contributed by atoms with E-state index in [4.69, 9.17) is 10.5 Å². The molecule has 0 radical (unpaired) electrons. The third kappa shape index (κ3) is 3.48. The van der Waals surface area contributed by atoms with Crippen molar-refractivity contribution in [3.05, 3.63) is 46.9 Å². The Hall–Kier alpha value is -1.53. The van der Waals surface area contributed by atoms with Crippen LogP contribution in [0.15, 0.2) is 51.8 Å². The highest BCUT2D eigenvalue weighted by atomic mass is 79.9. The van der Waals surface area contributed by atoms with Gasteiger partial charge in [0.1, 0.15) is 11.5 Å². The lowest BCUT2D eigenvalue weighted by molar-refractivity contribution is 0.479. The van der Waals surface area contributed by atoms with E-state index in [0.717, 1.165) is 4.47 Å². The minimum Gasteiger partial charge on any atom is -0.456 e. The van der Waals surface area contributed by atoms with Crippen molar-refractivity contribution in [2.45, 2.75) is 4.90 Å². The van der Waals surface area contributed by atoms with Gasteiger partial charge in [-0.15, -0.1) is 0 Å². The average molecular weight is 342 g/mol. The Bertz CT molecular complexity index is 696. The van der Waals surface area contributed by atoms with Crippen molar-refractivity contribution in [3.63, 3.8) is 0 Å². The van der Waals surface area contributed by atoms with E-state index < -0.39 is 9.84 Å². The number of halogens is 1. The highest BCUT2D eigenvalue weighted by Crippen LogP contribution is 2.31. The molecule has 0 aromatic heterocycles. The second-order valence-electron chi connectivity index (χ2n) is 4.04. The van der Waals surface area contributed by atoms with Crippen LogP contribution in [0, 0.1) is 0 Å². The summed E-state index contributed by atoms with van der Waals surface area (Å²) in [6.07, 6.45) is 1.17. The van der Waals surface area contributed by atoms with Crippen LogP contribution in [-0.2, 0) is 9.84 Å². The second kappa shape index (κ2) is 5.22. The maximum absolute atomic E-state index is 11.3. The van der Waals surface area contributed by atoms with E-state index in [-0.39, 0.29) is 4.90 Å². The van der Waals surface area contributed by atoms with Crippen LogP contribution < -0.4 is 10.5 Å². The molecule has 0 atom stereocenters. The van der Waals surface area contributed by atoms with Gasteiger partial charge < -0.3 is 10.5 Å². The molecule has 2 aromatic carbocycles. The molecule has 0 aliphatic heterocycles. The van der Waals surface area contributed by atoms with Gasteiger partial charge in [-0.25, -0.2) is 8.42 Å². The zero-order chi connectivity index (χ0) is 14.0. The third-order valence-corrected chi connectivity index (χ3v) is 4.18. The van der Waals surface area contributed by atoms with E-state index in [1.807, 2.05) is 0 Å². The largest absolute Gasteiger partial charge is 0.456 e. The molecule has 19 heavy (non-hydrogen) atoms. The Morgan fingerprint density at radius 1 is 1.11 bits per heavy atom. The molecule has 0 unspecified atom stereocenters. The van der Waals surface area contributed by atoms with Gasteiger partial charge in [-0.05, 0) is 58.4 Å². The number of hydrogen-bond acceptors (Lipinski definition) is 4. The van der Waals surface area contributed by atoms with Crippen LogP contribution in [0.2, 0.25) is 0 Å². The summed E-state index contributed by atoms with van der Waals surface area (Å²) < 4.78 is 29.0. The molecule has 0 fully saturated rings. The maximum atomic E-state index is 11.3. The van der Waals surface area contributed by atoms with Crippen molar-refractivity contribution >= 4 is 31.5 Å². The van der Waals surface area contributed by atoms with Gasteiger partial charge in [-0.3, -0.25) is 0 Å². The first-order chi connectivity index (χ1) is 8.86. The van der Waals surface area contributed by atoms with Crippen LogP contribution >= 0.6 is 15.9 Å². The SMILES string of the molecule is CS(=O)(=O)c1ccc(Oc2ccc(N)cc2Br)cc1. The highest BCUT2D eigenvalue weighted by molar-refractivity contribution is 9.10. The average Bonchev–Trinajstić information content (AvgIpc) is 2.32. The van der Waals surface area contributed by atoms with Crippen LogP contribution in [0.5, 0.6) is 11.5 Å². The van der Waals surface area contributed by atoms with Crippen LogP contribution in [0.4, 0.5) is 5.69 Å². The molecule has 0 amide bonds. The lowest BCUT2D eigenvalue weighted by atomic mass is 10.3. The molecule has 4 nitrogen and oxygen atoms in total. The molecule has 100 valence electrons. The molecule has 0 aliphatic rings. The number of anilines is 1. The van der Waals surface area contributed by atoms with E-state index in [9.17, 15) is 8.42 Å². The number of nitrogens with two attached hydrogens (primary N) is 1. The summed E-state index contributed by atoms with van der Waals surface area (Å²) in [6, 6.07) is 11.4. The van der Waals surface area contributed by atoms with Crippen molar-refractivity contribution in [1.29, 1.82) is 0 Å². The normalized spacial score (nSPS) is 11.3. The van der Waals surface area contributed by atoms with Gasteiger partial charge in [0.05, 0.1) is 9.37 Å². The first kappa shape index (κ1) is 13.9. The predicted molar refractivity (Wildman–Crippen MR) is 78.2 cm³/mol. The molecule has 0 bridgehead atoms. The smallest absolute Gasteiger partial charge is 0.175 e. The molecule has 2 aromatic rings. The first-order valence-corrected chi connectivity index (χ1v) is 8.08. The van der Waals surface area contributed by atoms with Gasteiger partial charge in [0.25, 0.3) is 0 Å². The zero-order valence-corrected chi connectivity index (χ0v) is 12.5. The summed E-state index contributed by atoms with van der Waals surface area (Å²) >= 11 is 3.35. The molecule has 6 heteroatoms. The third-order valence-electron chi connectivity index (χ3n) is 2.44. The Labute approximate surface area is 120 Å². The summed E-state index contributed by atoms with van der Waals surface area (Å²) in [6.45, 7) is 0. The molecule has 0 heterocycles. The Kier molecular flexibility index (Phi) is 3.82. The van der Waals surface area contributed by atoms with Crippen LogP contribution in [0.1, 0.15) is 0 Å². The minimum atomic E-state index is -3.19. The Balaban J connectivity index is 2.25. The van der Waals surface area contributed by atoms with E-state index >= 15 is 0 Å². The monoisotopic (exact) mass is 341 g/mol.